The molecule has 0 radical (unpaired) electrons. The van der Waals surface area contributed by atoms with Gasteiger partial charge in [-0.2, -0.15) is 0 Å². The number of carbonyl (C=O) groups excluding carboxylic acids is 2. The van der Waals surface area contributed by atoms with Gasteiger partial charge in [-0.05, 0) is 19.3 Å². The molecule has 6 nitrogen and oxygen atoms in total. The number of amides is 2. The van der Waals surface area contributed by atoms with Gasteiger partial charge in [-0.25, -0.2) is 4.98 Å². The molecule has 2 amide bonds. The summed E-state index contributed by atoms with van der Waals surface area (Å²) in [7, 11) is 0. The highest BCUT2D eigenvalue weighted by Crippen LogP contribution is 2.29. The minimum absolute atomic E-state index is 0.0116. The molecule has 0 bridgehead atoms. The van der Waals surface area contributed by atoms with Gasteiger partial charge < -0.3 is 14.8 Å². The molecule has 1 aromatic rings. The number of aryl methyl sites for hydroxylation is 1. The lowest BCUT2D eigenvalue weighted by molar-refractivity contribution is -0.144. The average molecular weight is 318 g/mol. The first-order valence-electron chi connectivity index (χ1n) is 8.70. The first kappa shape index (κ1) is 16.0. The second-order valence-corrected chi connectivity index (χ2v) is 6.74. The van der Waals surface area contributed by atoms with E-state index in [0.29, 0.717) is 19.0 Å². The summed E-state index contributed by atoms with van der Waals surface area (Å²) >= 11 is 0. The van der Waals surface area contributed by atoms with E-state index in [-0.39, 0.29) is 24.4 Å². The molecule has 6 heteroatoms. The van der Waals surface area contributed by atoms with Crippen molar-refractivity contribution in [2.45, 2.75) is 58.0 Å². The molecule has 1 saturated carbocycles. The van der Waals surface area contributed by atoms with Gasteiger partial charge >= 0.3 is 0 Å². The van der Waals surface area contributed by atoms with Crippen LogP contribution in [0.15, 0.2) is 12.4 Å². The Bertz CT molecular complexity index is 563. The van der Waals surface area contributed by atoms with Crippen LogP contribution in [0, 0.1) is 12.8 Å². The second kappa shape index (κ2) is 7.15. The van der Waals surface area contributed by atoms with Gasteiger partial charge in [0.1, 0.15) is 18.4 Å². The molecule has 1 aliphatic carbocycles. The summed E-state index contributed by atoms with van der Waals surface area (Å²) in [6.45, 7) is 3.31. The highest BCUT2D eigenvalue weighted by molar-refractivity contribution is 5.88. The van der Waals surface area contributed by atoms with Crippen molar-refractivity contribution in [1.82, 2.24) is 19.8 Å². The van der Waals surface area contributed by atoms with Gasteiger partial charge in [0.2, 0.25) is 11.8 Å². The van der Waals surface area contributed by atoms with Crippen molar-refractivity contribution in [3.8, 4) is 0 Å². The Balaban J connectivity index is 1.68. The molecule has 3 rings (SSSR count). The second-order valence-electron chi connectivity index (χ2n) is 6.74. The van der Waals surface area contributed by atoms with E-state index in [4.69, 9.17) is 0 Å². The maximum atomic E-state index is 12.7. The zero-order valence-electron chi connectivity index (χ0n) is 13.8. The molecular formula is C17H26N4O2. The van der Waals surface area contributed by atoms with E-state index in [2.05, 4.69) is 10.3 Å². The lowest BCUT2D eigenvalue weighted by Crippen LogP contribution is -2.58. The third kappa shape index (κ3) is 3.74. The zero-order chi connectivity index (χ0) is 16.2. The van der Waals surface area contributed by atoms with Gasteiger partial charge in [0, 0.05) is 25.5 Å². The van der Waals surface area contributed by atoms with Gasteiger partial charge in [0.05, 0.1) is 0 Å². The number of rotatable bonds is 4. The molecule has 0 spiro atoms. The zero-order valence-corrected chi connectivity index (χ0v) is 13.8. The highest BCUT2D eigenvalue weighted by Gasteiger charge is 2.35. The number of imidazole rings is 1. The fourth-order valence-corrected chi connectivity index (χ4v) is 3.79. The molecule has 0 aromatic carbocycles. The van der Waals surface area contributed by atoms with Gasteiger partial charge in [0.15, 0.2) is 0 Å². The normalized spacial score (nSPS) is 22.9. The molecule has 2 fully saturated rings. The van der Waals surface area contributed by atoms with Crippen LogP contribution in [0.2, 0.25) is 0 Å². The summed E-state index contributed by atoms with van der Waals surface area (Å²) in [6, 6.07) is -0.303. The van der Waals surface area contributed by atoms with Crippen LogP contribution in [-0.2, 0) is 16.1 Å². The smallest absolute Gasteiger partial charge is 0.243 e. The van der Waals surface area contributed by atoms with E-state index >= 15 is 0 Å². The van der Waals surface area contributed by atoms with Crippen molar-refractivity contribution in [1.29, 1.82) is 0 Å². The Hall–Kier alpha value is -1.85. The van der Waals surface area contributed by atoms with E-state index in [1.807, 2.05) is 17.7 Å². The van der Waals surface area contributed by atoms with Crippen molar-refractivity contribution in [3.63, 3.8) is 0 Å². The third-order valence-corrected chi connectivity index (χ3v) is 5.16. The highest BCUT2D eigenvalue weighted by atomic mass is 16.2. The van der Waals surface area contributed by atoms with Crippen molar-refractivity contribution in [3.05, 3.63) is 18.2 Å². The summed E-state index contributed by atoms with van der Waals surface area (Å²) in [5.74, 6) is 1.42. The molecule has 1 aliphatic heterocycles. The third-order valence-electron chi connectivity index (χ3n) is 5.16. The van der Waals surface area contributed by atoms with Gasteiger partial charge in [-0.1, -0.05) is 32.1 Å². The first-order chi connectivity index (χ1) is 11.1. The van der Waals surface area contributed by atoms with Gasteiger partial charge in [-0.3, -0.25) is 9.59 Å². The summed E-state index contributed by atoms with van der Waals surface area (Å²) < 4.78 is 1.84. The number of aromatic nitrogens is 2. The summed E-state index contributed by atoms with van der Waals surface area (Å²) in [4.78, 5) is 31.0. The predicted molar refractivity (Wildman–Crippen MR) is 86.7 cm³/mol. The van der Waals surface area contributed by atoms with Crippen LogP contribution in [0.25, 0.3) is 0 Å². The lowest BCUT2D eigenvalue weighted by Gasteiger charge is -2.37. The van der Waals surface area contributed by atoms with E-state index in [1.165, 1.54) is 32.1 Å². The Kier molecular flexibility index (Phi) is 4.98. The fraction of sp³-hybridized carbons (Fsp3) is 0.706. The van der Waals surface area contributed by atoms with Crippen LogP contribution in [0.1, 0.15) is 44.3 Å². The number of carbonyl (C=O) groups is 2. The first-order valence-corrected chi connectivity index (χ1v) is 8.70. The van der Waals surface area contributed by atoms with Crippen LogP contribution in [-0.4, -0.2) is 45.4 Å². The van der Waals surface area contributed by atoms with Crippen LogP contribution in [0.4, 0.5) is 0 Å². The van der Waals surface area contributed by atoms with Crippen molar-refractivity contribution < 1.29 is 9.59 Å². The number of hydrogen-bond donors (Lipinski definition) is 1. The largest absolute Gasteiger partial charge is 0.353 e. The fourth-order valence-electron chi connectivity index (χ4n) is 3.79. The quantitative estimate of drug-likeness (QED) is 0.914. The maximum Gasteiger partial charge on any atom is 0.243 e. The monoisotopic (exact) mass is 318 g/mol. The lowest BCUT2D eigenvalue weighted by atomic mass is 9.84. The topological polar surface area (TPSA) is 67.2 Å². The van der Waals surface area contributed by atoms with Crippen LogP contribution in [0.3, 0.4) is 0 Å². The number of nitrogens with zero attached hydrogens (tertiary/aromatic N) is 3. The number of piperazine rings is 1. The minimum Gasteiger partial charge on any atom is -0.353 e. The van der Waals surface area contributed by atoms with Crippen molar-refractivity contribution >= 4 is 11.8 Å². The SMILES string of the molecule is Cc1nccn1CC(=O)N1CCNC(=O)C1CC1CCCCC1. The average Bonchev–Trinajstić information content (AvgIpc) is 2.95. The predicted octanol–water partition coefficient (Wildman–Crippen LogP) is 1.49. The Morgan fingerprint density at radius 2 is 2.13 bits per heavy atom. The summed E-state index contributed by atoms with van der Waals surface area (Å²) in [6.07, 6.45) is 10.5. The van der Waals surface area contributed by atoms with E-state index in [1.54, 1.807) is 11.1 Å². The molecule has 1 N–H and O–H groups in total. The van der Waals surface area contributed by atoms with Crippen molar-refractivity contribution in [2.75, 3.05) is 13.1 Å². The molecule has 1 aromatic heterocycles. The molecule has 1 atom stereocenters. The minimum atomic E-state index is -0.303. The van der Waals surface area contributed by atoms with E-state index in [0.717, 1.165) is 12.2 Å². The van der Waals surface area contributed by atoms with Crippen LogP contribution in [0.5, 0.6) is 0 Å². The Morgan fingerprint density at radius 3 is 2.83 bits per heavy atom. The maximum absolute atomic E-state index is 12.7. The molecule has 1 unspecified atom stereocenters. The van der Waals surface area contributed by atoms with Gasteiger partial charge in [0.25, 0.3) is 0 Å². The standard InChI is InChI=1S/C17H26N4O2/c1-13-18-7-9-20(13)12-16(22)21-10-8-19-17(23)15(21)11-14-5-3-2-4-6-14/h7,9,14-15H,2-6,8,10-12H2,1H3,(H,19,23). The number of hydrogen-bond acceptors (Lipinski definition) is 3. The van der Waals surface area contributed by atoms with Crippen LogP contribution < -0.4 is 5.32 Å². The number of nitrogens with one attached hydrogen (secondary N) is 1. The molecule has 2 aliphatic rings. The Morgan fingerprint density at radius 1 is 1.35 bits per heavy atom. The van der Waals surface area contributed by atoms with Crippen molar-refractivity contribution in [2.24, 2.45) is 5.92 Å². The summed E-state index contributed by atoms with van der Waals surface area (Å²) in [5, 5.41) is 2.92. The molecule has 126 valence electrons. The summed E-state index contributed by atoms with van der Waals surface area (Å²) in [5.41, 5.74) is 0. The molecule has 1 saturated heterocycles. The van der Waals surface area contributed by atoms with Crippen LogP contribution >= 0.6 is 0 Å². The van der Waals surface area contributed by atoms with E-state index in [9.17, 15) is 9.59 Å². The molecule has 23 heavy (non-hydrogen) atoms. The molecule has 2 heterocycles. The van der Waals surface area contributed by atoms with Gasteiger partial charge in [-0.15, -0.1) is 0 Å². The van der Waals surface area contributed by atoms with E-state index < -0.39 is 0 Å². The Labute approximate surface area is 137 Å². The molecular weight excluding hydrogens is 292 g/mol.